The first-order valence-corrected chi connectivity index (χ1v) is 3.49. The molecule has 1 fully saturated rings. The Morgan fingerprint density at radius 3 is 2.86 bits per heavy atom. The maximum Gasteiger partial charge on any atom is 0.0916 e. The molecule has 0 aromatic carbocycles. The van der Waals surface area contributed by atoms with Crippen LogP contribution in [0.4, 0.5) is 0 Å². The van der Waals surface area contributed by atoms with E-state index < -0.39 is 0 Å². The Labute approximate surface area is 47.7 Å². The van der Waals surface area contributed by atoms with Crippen molar-refractivity contribution in [3.8, 4) is 6.07 Å². The molecule has 0 aromatic heterocycles. The van der Waals surface area contributed by atoms with Crippen molar-refractivity contribution in [1.29, 1.82) is 5.26 Å². The van der Waals surface area contributed by atoms with Gasteiger partial charge in [0.15, 0.2) is 0 Å². The molecule has 1 atom stereocenters. The van der Waals surface area contributed by atoms with Gasteiger partial charge in [0.05, 0.1) is 11.3 Å². The summed E-state index contributed by atoms with van der Waals surface area (Å²) in [5.74, 6) is 1.19. The van der Waals surface area contributed by atoms with Crippen LogP contribution in [0.2, 0.25) is 0 Å². The van der Waals surface area contributed by atoms with Gasteiger partial charge >= 0.3 is 0 Å². The predicted molar refractivity (Wildman–Crippen MR) is 31.1 cm³/mol. The van der Waals surface area contributed by atoms with Crippen LogP contribution in [0.3, 0.4) is 0 Å². The molecule has 0 N–H and O–H groups in total. The quantitative estimate of drug-likeness (QED) is 0.474. The van der Waals surface area contributed by atoms with Crippen LogP contribution in [0.5, 0.6) is 0 Å². The normalized spacial score (nSPS) is 29.9. The Morgan fingerprint density at radius 1 is 1.71 bits per heavy atom. The number of rotatable bonds is 0. The summed E-state index contributed by atoms with van der Waals surface area (Å²) in [6, 6.07) is 2.23. The fourth-order valence-electron chi connectivity index (χ4n) is 0.679. The van der Waals surface area contributed by atoms with Gasteiger partial charge in [-0.3, -0.25) is 0 Å². The Balaban J connectivity index is 2.31. The van der Waals surface area contributed by atoms with Crippen molar-refractivity contribution in [1.82, 2.24) is 0 Å². The third kappa shape index (κ3) is 1.10. The SMILES string of the molecule is N#C[C@@H]1CCCS1. The van der Waals surface area contributed by atoms with Gasteiger partial charge in [0.25, 0.3) is 0 Å². The molecule has 7 heavy (non-hydrogen) atoms. The van der Waals surface area contributed by atoms with Gasteiger partial charge in [0.2, 0.25) is 0 Å². The summed E-state index contributed by atoms with van der Waals surface area (Å²) in [6.45, 7) is 0. The van der Waals surface area contributed by atoms with Crippen LogP contribution in [-0.4, -0.2) is 11.0 Å². The van der Waals surface area contributed by atoms with Crippen molar-refractivity contribution < 1.29 is 0 Å². The highest BCUT2D eigenvalue weighted by Gasteiger charge is 2.12. The lowest BCUT2D eigenvalue weighted by Crippen LogP contribution is -1.86. The van der Waals surface area contributed by atoms with E-state index in [1.807, 2.05) is 0 Å². The van der Waals surface area contributed by atoms with Gasteiger partial charge in [-0.25, -0.2) is 0 Å². The molecule has 1 saturated heterocycles. The van der Waals surface area contributed by atoms with Crippen molar-refractivity contribution >= 4 is 11.8 Å². The molecule has 0 unspecified atom stereocenters. The van der Waals surface area contributed by atoms with Gasteiger partial charge in [0, 0.05) is 0 Å². The van der Waals surface area contributed by atoms with Crippen LogP contribution in [0.15, 0.2) is 0 Å². The standard InChI is InChI=1S/C5H7NS/c6-4-5-2-1-3-7-5/h5H,1-3H2/t5-/m0/s1. The number of thioether (sulfide) groups is 1. The number of hydrogen-bond donors (Lipinski definition) is 0. The lowest BCUT2D eigenvalue weighted by molar-refractivity contribution is 0.887. The molecule has 0 spiro atoms. The minimum Gasteiger partial charge on any atom is -0.197 e. The first kappa shape index (κ1) is 4.99. The zero-order chi connectivity index (χ0) is 5.11. The Bertz CT molecular complexity index is 88.7. The molecule has 38 valence electrons. The summed E-state index contributed by atoms with van der Waals surface area (Å²) in [5.41, 5.74) is 0. The van der Waals surface area contributed by atoms with Crippen molar-refractivity contribution in [3.63, 3.8) is 0 Å². The second kappa shape index (κ2) is 2.23. The highest BCUT2D eigenvalue weighted by Crippen LogP contribution is 2.24. The Hall–Kier alpha value is -0.160. The molecule has 1 nitrogen and oxygen atoms in total. The summed E-state index contributed by atoms with van der Waals surface area (Å²) in [7, 11) is 0. The van der Waals surface area contributed by atoms with Crippen LogP contribution in [0.1, 0.15) is 12.8 Å². The van der Waals surface area contributed by atoms with Gasteiger partial charge < -0.3 is 0 Å². The molecule has 0 bridgehead atoms. The Kier molecular flexibility index (Phi) is 1.59. The van der Waals surface area contributed by atoms with Gasteiger partial charge in [-0.2, -0.15) is 5.26 Å². The van der Waals surface area contributed by atoms with E-state index in [1.54, 1.807) is 11.8 Å². The average Bonchev–Trinajstić information content (AvgIpc) is 2.14. The maximum atomic E-state index is 8.30. The molecule has 1 heterocycles. The zero-order valence-corrected chi connectivity index (χ0v) is 4.87. The average molecular weight is 113 g/mol. The first-order chi connectivity index (χ1) is 3.43. The number of nitriles is 1. The van der Waals surface area contributed by atoms with Gasteiger partial charge in [-0.15, -0.1) is 11.8 Å². The minimum absolute atomic E-state index is 0.319. The smallest absolute Gasteiger partial charge is 0.0916 e. The molecule has 0 saturated carbocycles. The highest BCUT2D eigenvalue weighted by molar-refractivity contribution is 8.00. The molecule has 2 heteroatoms. The van der Waals surface area contributed by atoms with E-state index in [2.05, 4.69) is 6.07 Å². The molecule has 0 amide bonds. The van der Waals surface area contributed by atoms with Crippen LogP contribution in [-0.2, 0) is 0 Å². The molecular weight excluding hydrogens is 106 g/mol. The van der Waals surface area contributed by atoms with E-state index in [0.717, 1.165) is 6.42 Å². The van der Waals surface area contributed by atoms with Crippen LogP contribution in [0, 0.1) is 11.3 Å². The molecule has 0 radical (unpaired) electrons. The van der Waals surface area contributed by atoms with E-state index in [-0.39, 0.29) is 0 Å². The van der Waals surface area contributed by atoms with E-state index in [1.165, 1.54) is 12.2 Å². The third-order valence-corrected chi connectivity index (χ3v) is 2.34. The van der Waals surface area contributed by atoms with Crippen LogP contribution in [0.25, 0.3) is 0 Å². The summed E-state index contributed by atoms with van der Waals surface area (Å²) in [4.78, 5) is 0. The van der Waals surface area contributed by atoms with E-state index in [4.69, 9.17) is 5.26 Å². The zero-order valence-electron chi connectivity index (χ0n) is 4.05. The summed E-state index contributed by atoms with van der Waals surface area (Å²) in [5, 5.41) is 8.61. The summed E-state index contributed by atoms with van der Waals surface area (Å²) >= 11 is 1.78. The van der Waals surface area contributed by atoms with Gasteiger partial charge in [0.1, 0.15) is 0 Å². The molecule has 1 aliphatic heterocycles. The number of hydrogen-bond acceptors (Lipinski definition) is 2. The molecule has 1 rings (SSSR count). The number of nitrogens with zero attached hydrogens (tertiary/aromatic N) is 1. The van der Waals surface area contributed by atoms with Crippen molar-refractivity contribution in [3.05, 3.63) is 0 Å². The fourth-order valence-corrected chi connectivity index (χ4v) is 1.71. The lowest BCUT2D eigenvalue weighted by Gasteiger charge is -1.87. The monoisotopic (exact) mass is 113 g/mol. The highest BCUT2D eigenvalue weighted by atomic mass is 32.2. The largest absolute Gasteiger partial charge is 0.197 e. The minimum atomic E-state index is 0.319. The lowest BCUT2D eigenvalue weighted by atomic mass is 10.3. The predicted octanol–water partition coefficient (Wildman–Crippen LogP) is 1.41. The van der Waals surface area contributed by atoms with Crippen LogP contribution < -0.4 is 0 Å². The Morgan fingerprint density at radius 2 is 2.57 bits per heavy atom. The van der Waals surface area contributed by atoms with Crippen molar-refractivity contribution in [2.45, 2.75) is 18.1 Å². The van der Waals surface area contributed by atoms with E-state index >= 15 is 0 Å². The second-order valence-electron chi connectivity index (χ2n) is 1.63. The first-order valence-electron chi connectivity index (χ1n) is 2.44. The molecule has 0 aromatic rings. The van der Waals surface area contributed by atoms with E-state index in [9.17, 15) is 0 Å². The molecular formula is C5H7NS. The van der Waals surface area contributed by atoms with E-state index in [0.29, 0.717) is 5.25 Å². The van der Waals surface area contributed by atoms with Crippen molar-refractivity contribution in [2.75, 3.05) is 5.75 Å². The van der Waals surface area contributed by atoms with Crippen molar-refractivity contribution in [2.24, 2.45) is 0 Å². The topological polar surface area (TPSA) is 23.8 Å². The molecule has 0 aliphatic carbocycles. The summed E-state index contributed by atoms with van der Waals surface area (Å²) in [6.07, 6.45) is 2.35. The second-order valence-corrected chi connectivity index (χ2v) is 2.94. The van der Waals surface area contributed by atoms with Gasteiger partial charge in [-0.1, -0.05) is 0 Å². The van der Waals surface area contributed by atoms with Crippen LogP contribution >= 0.6 is 11.8 Å². The maximum absolute atomic E-state index is 8.30. The molecule has 1 aliphatic rings. The van der Waals surface area contributed by atoms with Gasteiger partial charge in [-0.05, 0) is 18.6 Å². The third-order valence-electron chi connectivity index (χ3n) is 1.07. The fraction of sp³-hybridized carbons (Fsp3) is 0.800. The summed E-state index contributed by atoms with van der Waals surface area (Å²) < 4.78 is 0.